The molecule has 1 saturated heterocycles. The molecule has 0 unspecified atom stereocenters. The second-order valence-corrected chi connectivity index (χ2v) is 7.46. The molecule has 0 aliphatic carbocycles. The summed E-state index contributed by atoms with van der Waals surface area (Å²) in [5, 5.41) is 4.37. The fourth-order valence-corrected chi connectivity index (χ4v) is 3.89. The minimum absolute atomic E-state index is 0.418. The van der Waals surface area contributed by atoms with Crippen molar-refractivity contribution < 1.29 is 0 Å². The van der Waals surface area contributed by atoms with Crippen molar-refractivity contribution in [2.75, 3.05) is 31.5 Å². The molecule has 1 aromatic carbocycles. The molecule has 3 heterocycles. The standard InChI is InChI=1S/C20H25ClN6/c21-15-5-9-23-17(13-15)14-27-19-4-2-1-3-18(19)25-20(27)24-16-6-10-26(11-7-16)12-8-22/h1-5,9,13,16H,6-8,10-12,14,22H2,(H,24,25). The monoisotopic (exact) mass is 384 g/mol. The van der Waals surface area contributed by atoms with E-state index in [0.29, 0.717) is 17.6 Å². The van der Waals surface area contributed by atoms with Gasteiger partial charge in [0, 0.05) is 43.4 Å². The average molecular weight is 385 g/mol. The van der Waals surface area contributed by atoms with E-state index in [0.717, 1.165) is 61.7 Å². The first-order valence-corrected chi connectivity index (χ1v) is 9.85. The molecule has 0 saturated carbocycles. The molecule has 0 atom stereocenters. The Kier molecular flexibility index (Phi) is 5.57. The van der Waals surface area contributed by atoms with Crippen molar-refractivity contribution in [1.29, 1.82) is 0 Å². The number of nitrogens with one attached hydrogen (secondary N) is 1. The normalized spacial score (nSPS) is 16.1. The van der Waals surface area contributed by atoms with Gasteiger partial charge in [0.1, 0.15) is 0 Å². The number of hydrogen-bond donors (Lipinski definition) is 2. The highest BCUT2D eigenvalue weighted by Gasteiger charge is 2.21. The van der Waals surface area contributed by atoms with Crippen LogP contribution in [0, 0.1) is 0 Å². The lowest BCUT2D eigenvalue weighted by Gasteiger charge is -2.32. The molecule has 27 heavy (non-hydrogen) atoms. The molecule has 142 valence electrons. The maximum absolute atomic E-state index is 6.14. The number of pyridine rings is 1. The number of aromatic nitrogens is 3. The van der Waals surface area contributed by atoms with Gasteiger partial charge in [-0.3, -0.25) is 4.98 Å². The van der Waals surface area contributed by atoms with Crippen LogP contribution in [0.1, 0.15) is 18.5 Å². The Morgan fingerprint density at radius 1 is 1.19 bits per heavy atom. The number of nitrogens with two attached hydrogens (primary N) is 1. The first-order valence-electron chi connectivity index (χ1n) is 9.47. The molecule has 0 radical (unpaired) electrons. The number of piperidine rings is 1. The van der Waals surface area contributed by atoms with E-state index >= 15 is 0 Å². The zero-order chi connectivity index (χ0) is 18.6. The summed E-state index contributed by atoms with van der Waals surface area (Å²) in [5.41, 5.74) is 8.69. The summed E-state index contributed by atoms with van der Waals surface area (Å²) in [4.78, 5) is 11.7. The summed E-state index contributed by atoms with van der Waals surface area (Å²) >= 11 is 6.14. The van der Waals surface area contributed by atoms with E-state index in [1.165, 1.54) is 0 Å². The van der Waals surface area contributed by atoms with E-state index in [-0.39, 0.29) is 0 Å². The van der Waals surface area contributed by atoms with Crippen molar-refractivity contribution in [2.45, 2.75) is 25.4 Å². The number of imidazole rings is 1. The highest BCUT2D eigenvalue weighted by atomic mass is 35.5. The van der Waals surface area contributed by atoms with Gasteiger partial charge in [-0.25, -0.2) is 4.98 Å². The second kappa shape index (κ2) is 8.25. The zero-order valence-corrected chi connectivity index (χ0v) is 16.1. The maximum Gasteiger partial charge on any atom is 0.204 e. The van der Waals surface area contributed by atoms with Crippen LogP contribution in [0.2, 0.25) is 5.02 Å². The number of anilines is 1. The Balaban J connectivity index is 1.57. The predicted molar refractivity (Wildman–Crippen MR) is 110 cm³/mol. The Morgan fingerprint density at radius 3 is 2.78 bits per heavy atom. The van der Waals surface area contributed by atoms with Crippen LogP contribution in [0.4, 0.5) is 5.95 Å². The van der Waals surface area contributed by atoms with Crippen LogP contribution in [0.5, 0.6) is 0 Å². The molecule has 6 nitrogen and oxygen atoms in total. The van der Waals surface area contributed by atoms with Gasteiger partial charge in [0.05, 0.1) is 23.3 Å². The molecule has 7 heteroatoms. The van der Waals surface area contributed by atoms with E-state index in [1.54, 1.807) is 12.3 Å². The van der Waals surface area contributed by atoms with Crippen LogP contribution in [0.3, 0.4) is 0 Å². The van der Waals surface area contributed by atoms with E-state index < -0.39 is 0 Å². The highest BCUT2D eigenvalue weighted by Crippen LogP contribution is 2.24. The topological polar surface area (TPSA) is 72.0 Å². The Labute approximate surface area is 164 Å². The molecule has 4 rings (SSSR count). The number of benzene rings is 1. The van der Waals surface area contributed by atoms with Crippen LogP contribution in [0.15, 0.2) is 42.6 Å². The number of nitrogens with zero attached hydrogens (tertiary/aromatic N) is 4. The van der Waals surface area contributed by atoms with Gasteiger partial charge < -0.3 is 20.5 Å². The van der Waals surface area contributed by atoms with Gasteiger partial charge in [-0.2, -0.15) is 0 Å². The summed E-state index contributed by atoms with van der Waals surface area (Å²) in [6.45, 7) is 4.48. The van der Waals surface area contributed by atoms with Gasteiger partial charge in [0.2, 0.25) is 5.95 Å². The number of rotatable bonds is 6. The number of halogens is 1. The Morgan fingerprint density at radius 2 is 2.00 bits per heavy atom. The number of hydrogen-bond acceptors (Lipinski definition) is 5. The third-order valence-corrected chi connectivity index (χ3v) is 5.35. The number of likely N-dealkylation sites (tertiary alicyclic amines) is 1. The molecule has 0 bridgehead atoms. The van der Waals surface area contributed by atoms with E-state index in [4.69, 9.17) is 22.3 Å². The lowest BCUT2D eigenvalue weighted by atomic mass is 10.1. The van der Waals surface area contributed by atoms with Gasteiger partial charge in [0.15, 0.2) is 0 Å². The van der Waals surface area contributed by atoms with Crippen molar-refractivity contribution in [1.82, 2.24) is 19.4 Å². The smallest absolute Gasteiger partial charge is 0.204 e. The molecule has 1 fully saturated rings. The van der Waals surface area contributed by atoms with Gasteiger partial charge in [-0.05, 0) is 37.1 Å². The molecule has 0 amide bonds. The van der Waals surface area contributed by atoms with Crippen LogP contribution < -0.4 is 11.1 Å². The first kappa shape index (κ1) is 18.2. The summed E-state index contributed by atoms with van der Waals surface area (Å²) in [6.07, 6.45) is 3.94. The molecule has 0 spiro atoms. The molecule has 3 N–H and O–H groups in total. The predicted octanol–water partition coefficient (Wildman–Crippen LogP) is 2.97. The van der Waals surface area contributed by atoms with Crippen molar-refractivity contribution in [2.24, 2.45) is 5.73 Å². The van der Waals surface area contributed by atoms with Gasteiger partial charge >= 0.3 is 0 Å². The molecule has 2 aromatic heterocycles. The van der Waals surface area contributed by atoms with Gasteiger partial charge in [-0.1, -0.05) is 23.7 Å². The summed E-state index contributed by atoms with van der Waals surface area (Å²) < 4.78 is 2.19. The van der Waals surface area contributed by atoms with Gasteiger partial charge in [0.25, 0.3) is 0 Å². The summed E-state index contributed by atoms with van der Waals surface area (Å²) in [6, 6.07) is 12.3. The SMILES string of the molecule is NCCN1CCC(Nc2nc3ccccc3n2Cc2cc(Cl)ccn2)CC1. The third-order valence-electron chi connectivity index (χ3n) is 5.12. The summed E-state index contributed by atoms with van der Waals surface area (Å²) in [5.74, 6) is 0.898. The third kappa shape index (κ3) is 4.24. The quantitative estimate of drug-likeness (QED) is 0.683. The Bertz CT molecular complexity index is 900. The highest BCUT2D eigenvalue weighted by molar-refractivity contribution is 6.30. The lowest BCUT2D eigenvalue weighted by molar-refractivity contribution is 0.224. The second-order valence-electron chi connectivity index (χ2n) is 7.02. The first-order chi connectivity index (χ1) is 13.2. The minimum atomic E-state index is 0.418. The minimum Gasteiger partial charge on any atom is -0.353 e. The van der Waals surface area contributed by atoms with Crippen molar-refractivity contribution in [3.8, 4) is 0 Å². The van der Waals surface area contributed by atoms with Crippen LogP contribution >= 0.6 is 11.6 Å². The number of para-hydroxylation sites is 2. The van der Waals surface area contributed by atoms with Crippen molar-refractivity contribution >= 4 is 28.6 Å². The van der Waals surface area contributed by atoms with Crippen molar-refractivity contribution in [3.63, 3.8) is 0 Å². The van der Waals surface area contributed by atoms with Crippen LogP contribution in [-0.4, -0.2) is 51.7 Å². The molecule has 1 aliphatic heterocycles. The van der Waals surface area contributed by atoms with E-state index in [1.807, 2.05) is 24.3 Å². The Hall–Kier alpha value is -2.15. The lowest BCUT2D eigenvalue weighted by Crippen LogP contribution is -2.41. The summed E-state index contributed by atoms with van der Waals surface area (Å²) in [7, 11) is 0. The number of fused-ring (bicyclic) bond motifs is 1. The van der Waals surface area contributed by atoms with Crippen LogP contribution in [0.25, 0.3) is 11.0 Å². The molecular formula is C20H25ClN6. The van der Waals surface area contributed by atoms with Crippen molar-refractivity contribution in [3.05, 3.63) is 53.3 Å². The fraction of sp³-hybridized carbons (Fsp3) is 0.400. The maximum atomic E-state index is 6.14. The van der Waals surface area contributed by atoms with E-state index in [9.17, 15) is 0 Å². The fourth-order valence-electron chi connectivity index (χ4n) is 3.71. The molecular weight excluding hydrogens is 360 g/mol. The van der Waals surface area contributed by atoms with Crippen LogP contribution in [-0.2, 0) is 6.54 Å². The van der Waals surface area contributed by atoms with Gasteiger partial charge in [-0.15, -0.1) is 0 Å². The zero-order valence-electron chi connectivity index (χ0n) is 15.3. The van der Waals surface area contributed by atoms with E-state index in [2.05, 4.69) is 25.8 Å². The molecule has 1 aliphatic rings. The average Bonchev–Trinajstić information content (AvgIpc) is 3.01. The largest absolute Gasteiger partial charge is 0.353 e. The molecule has 3 aromatic rings.